The predicted octanol–water partition coefficient (Wildman–Crippen LogP) is 2.33. The Morgan fingerprint density at radius 2 is 1.82 bits per heavy atom. The molecule has 1 N–H and O–H groups in total. The number of hydrogen-bond donors (Lipinski definition) is 1. The summed E-state index contributed by atoms with van der Waals surface area (Å²) in [6, 6.07) is 13.5. The van der Waals surface area contributed by atoms with E-state index in [4.69, 9.17) is 4.74 Å². The van der Waals surface area contributed by atoms with Crippen LogP contribution in [0.25, 0.3) is 5.78 Å². The van der Waals surface area contributed by atoms with Crippen molar-refractivity contribution in [3.63, 3.8) is 0 Å². The lowest BCUT2D eigenvalue weighted by molar-refractivity contribution is 0.0950. The van der Waals surface area contributed by atoms with E-state index in [9.17, 15) is 13.2 Å². The molecule has 1 aliphatic rings. The zero-order chi connectivity index (χ0) is 23.5. The van der Waals surface area contributed by atoms with Gasteiger partial charge in [0.25, 0.3) is 5.91 Å². The van der Waals surface area contributed by atoms with Gasteiger partial charge in [-0.25, -0.2) is 18.4 Å². The van der Waals surface area contributed by atoms with Crippen molar-refractivity contribution in [2.75, 3.05) is 31.2 Å². The van der Waals surface area contributed by atoms with Gasteiger partial charge in [-0.1, -0.05) is 18.2 Å². The summed E-state index contributed by atoms with van der Waals surface area (Å²) in [5, 5.41) is 2.83. The first-order valence-electron chi connectivity index (χ1n) is 10.8. The zero-order valence-corrected chi connectivity index (χ0v) is 19.1. The van der Waals surface area contributed by atoms with Crippen molar-refractivity contribution in [1.82, 2.24) is 19.7 Å². The first-order valence-corrected chi connectivity index (χ1v) is 12.3. The lowest BCUT2D eigenvalue weighted by Gasteiger charge is -2.29. The van der Waals surface area contributed by atoms with Crippen molar-refractivity contribution in [2.45, 2.75) is 16.3 Å². The largest absolute Gasteiger partial charge is 0.378 e. The number of nitrogens with zero attached hydrogens (tertiary/aromatic N) is 4. The summed E-state index contributed by atoms with van der Waals surface area (Å²) in [7, 11) is -3.67. The van der Waals surface area contributed by atoms with Gasteiger partial charge < -0.3 is 15.0 Å². The van der Waals surface area contributed by atoms with Crippen LogP contribution in [0.3, 0.4) is 0 Å². The topological polar surface area (TPSA) is 106 Å². The molecule has 1 amide bonds. The Hall–Kier alpha value is -3.76. The van der Waals surface area contributed by atoms with Crippen LogP contribution in [0.5, 0.6) is 0 Å². The Morgan fingerprint density at radius 3 is 2.62 bits per heavy atom. The van der Waals surface area contributed by atoms with Crippen LogP contribution in [-0.4, -0.2) is 55.0 Å². The molecule has 9 nitrogen and oxygen atoms in total. The highest BCUT2D eigenvalue weighted by Gasteiger charge is 2.20. The third-order valence-electron chi connectivity index (χ3n) is 5.70. The molecule has 10 heteroatoms. The van der Waals surface area contributed by atoms with Crippen LogP contribution in [0.2, 0.25) is 0 Å². The molecule has 1 saturated heterocycles. The van der Waals surface area contributed by atoms with Gasteiger partial charge in [0, 0.05) is 50.1 Å². The third kappa shape index (κ3) is 4.50. The smallest absolute Gasteiger partial charge is 0.254 e. The fourth-order valence-electron chi connectivity index (χ4n) is 3.81. The van der Waals surface area contributed by atoms with Crippen LogP contribution in [0, 0.1) is 0 Å². The average molecular weight is 478 g/mol. The van der Waals surface area contributed by atoms with Crippen LogP contribution < -0.4 is 10.2 Å². The van der Waals surface area contributed by atoms with Gasteiger partial charge in [0.2, 0.25) is 15.6 Å². The molecule has 1 aliphatic heterocycles. The molecule has 0 atom stereocenters. The van der Waals surface area contributed by atoms with E-state index in [1.807, 2.05) is 6.07 Å². The van der Waals surface area contributed by atoms with E-state index in [1.54, 1.807) is 65.5 Å². The molecule has 0 radical (unpaired) electrons. The molecule has 0 saturated carbocycles. The van der Waals surface area contributed by atoms with E-state index in [1.165, 1.54) is 6.20 Å². The number of aromatic nitrogens is 3. The zero-order valence-electron chi connectivity index (χ0n) is 18.3. The maximum absolute atomic E-state index is 13.2. The van der Waals surface area contributed by atoms with Crippen molar-refractivity contribution in [3.05, 3.63) is 84.4 Å². The Bertz CT molecular complexity index is 1430. The number of rotatable bonds is 6. The van der Waals surface area contributed by atoms with Gasteiger partial charge in [0.05, 0.1) is 28.6 Å². The number of imidazole rings is 1. The molecule has 2 aromatic heterocycles. The highest BCUT2D eigenvalue weighted by Crippen LogP contribution is 2.26. The number of nitrogens with one attached hydrogen (secondary N) is 1. The molecule has 174 valence electrons. The lowest BCUT2D eigenvalue weighted by Crippen LogP contribution is -2.36. The van der Waals surface area contributed by atoms with Gasteiger partial charge in [-0.15, -0.1) is 0 Å². The average Bonchev–Trinajstić information content (AvgIpc) is 3.36. The molecule has 2 aromatic carbocycles. The maximum Gasteiger partial charge on any atom is 0.254 e. The van der Waals surface area contributed by atoms with Crippen LogP contribution in [0.15, 0.2) is 83.1 Å². The van der Waals surface area contributed by atoms with E-state index < -0.39 is 9.84 Å². The maximum atomic E-state index is 13.2. The number of hydrogen-bond acceptors (Lipinski definition) is 7. The molecule has 34 heavy (non-hydrogen) atoms. The van der Waals surface area contributed by atoms with Crippen LogP contribution in [0.1, 0.15) is 15.9 Å². The lowest BCUT2D eigenvalue weighted by atomic mass is 10.2. The van der Waals surface area contributed by atoms with Gasteiger partial charge >= 0.3 is 0 Å². The quantitative estimate of drug-likeness (QED) is 0.454. The first-order chi connectivity index (χ1) is 16.5. The number of amides is 1. The Kier molecular flexibility index (Phi) is 5.99. The second-order valence-electron chi connectivity index (χ2n) is 7.90. The monoisotopic (exact) mass is 477 g/mol. The number of carbonyl (C=O) groups excluding carboxylic acids is 1. The molecule has 1 fully saturated rings. The van der Waals surface area contributed by atoms with Crippen molar-refractivity contribution < 1.29 is 17.9 Å². The van der Waals surface area contributed by atoms with Gasteiger partial charge in [-0.3, -0.25) is 9.20 Å². The summed E-state index contributed by atoms with van der Waals surface area (Å²) < 4.78 is 33.4. The number of benzene rings is 2. The van der Waals surface area contributed by atoms with Gasteiger partial charge in [0.1, 0.15) is 0 Å². The third-order valence-corrected chi connectivity index (χ3v) is 7.47. The summed E-state index contributed by atoms with van der Waals surface area (Å²) in [6.07, 6.45) is 6.46. The van der Waals surface area contributed by atoms with Crippen LogP contribution in [0.4, 0.5) is 5.69 Å². The normalized spacial score (nSPS) is 14.3. The molecule has 0 bridgehead atoms. The first kappa shape index (κ1) is 22.1. The number of morpholine rings is 1. The molecule has 0 aliphatic carbocycles. The minimum absolute atomic E-state index is 0.205. The standard InChI is InChI=1S/C24H23N5O4S/c30-23(19-16-27-24-25-8-9-29(24)17-19)26-15-18-4-6-21(7-5-18)34(31,32)22-3-1-2-20(14-22)28-10-12-33-13-11-28/h1-9,14,16-17H,10-13,15H2,(H,26,30). The number of ether oxygens (including phenoxy) is 1. The van der Waals surface area contributed by atoms with Crippen molar-refractivity contribution in [2.24, 2.45) is 0 Å². The summed E-state index contributed by atoms with van der Waals surface area (Å²) >= 11 is 0. The Balaban J connectivity index is 1.27. The van der Waals surface area contributed by atoms with E-state index in [-0.39, 0.29) is 22.2 Å². The molecule has 4 aromatic rings. The predicted molar refractivity (Wildman–Crippen MR) is 126 cm³/mol. The number of sulfone groups is 1. The second kappa shape index (κ2) is 9.24. The highest BCUT2D eigenvalue weighted by molar-refractivity contribution is 7.91. The molecule has 3 heterocycles. The van der Waals surface area contributed by atoms with Crippen molar-refractivity contribution in [3.8, 4) is 0 Å². The van der Waals surface area contributed by atoms with Gasteiger partial charge in [0.15, 0.2) is 0 Å². The van der Waals surface area contributed by atoms with Crippen LogP contribution in [-0.2, 0) is 21.1 Å². The molecule has 0 spiro atoms. The SMILES string of the molecule is O=C(NCc1ccc(S(=O)(=O)c2cccc(N3CCOCC3)c2)cc1)c1cnc2nccn2c1. The van der Waals surface area contributed by atoms with E-state index >= 15 is 0 Å². The van der Waals surface area contributed by atoms with Crippen LogP contribution >= 0.6 is 0 Å². The Morgan fingerprint density at radius 1 is 1.03 bits per heavy atom. The van der Waals surface area contributed by atoms with E-state index in [2.05, 4.69) is 20.2 Å². The fraction of sp³-hybridized carbons (Fsp3) is 0.208. The number of carbonyl (C=O) groups is 1. The Labute approximate surface area is 196 Å². The summed E-state index contributed by atoms with van der Waals surface area (Å²) in [6.45, 7) is 2.98. The molecular weight excluding hydrogens is 454 g/mol. The summed E-state index contributed by atoms with van der Waals surface area (Å²) in [5.74, 6) is 0.239. The molecule has 5 rings (SSSR count). The highest BCUT2D eigenvalue weighted by atomic mass is 32.2. The van der Waals surface area contributed by atoms with Crippen molar-refractivity contribution >= 4 is 27.2 Å². The van der Waals surface area contributed by atoms with Gasteiger partial charge in [-0.2, -0.15) is 0 Å². The van der Waals surface area contributed by atoms with Crippen molar-refractivity contribution in [1.29, 1.82) is 0 Å². The fourth-order valence-corrected chi connectivity index (χ4v) is 5.11. The number of anilines is 1. The summed E-state index contributed by atoms with van der Waals surface area (Å²) in [4.78, 5) is 23.2. The van der Waals surface area contributed by atoms with Gasteiger partial charge in [-0.05, 0) is 35.9 Å². The minimum atomic E-state index is -3.67. The molecule has 0 unspecified atom stereocenters. The number of fused-ring (bicyclic) bond motifs is 1. The second-order valence-corrected chi connectivity index (χ2v) is 9.85. The molecular formula is C24H23N5O4S. The minimum Gasteiger partial charge on any atom is -0.378 e. The van der Waals surface area contributed by atoms with E-state index in [0.29, 0.717) is 24.6 Å². The summed E-state index contributed by atoms with van der Waals surface area (Å²) in [5.41, 5.74) is 2.06. The van der Waals surface area contributed by atoms with E-state index in [0.717, 1.165) is 24.3 Å².